The van der Waals surface area contributed by atoms with Crippen molar-refractivity contribution in [1.82, 2.24) is 4.90 Å². The van der Waals surface area contributed by atoms with Crippen LogP contribution in [-0.4, -0.2) is 55.4 Å². The van der Waals surface area contributed by atoms with Gasteiger partial charge in [0.2, 0.25) is 5.91 Å². The number of fused-ring (bicyclic) bond motifs is 1. The van der Waals surface area contributed by atoms with Crippen molar-refractivity contribution in [3.05, 3.63) is 29.8 Å². The predicted octanol–water partition coefficient (Wildman–Crippen LogP) is 0.142. The fourth-order valence-corrected chi connectivity index (χ4v) is 5.27. The number of hydrogen-bond acceptors (Lipinski definition) is 4. The molecule has 0 bridgehead atoms. The molecule has 0 saturated carbocycles. The number of urea groups is 1. The van der Waals surface area contributed by atoms with Crippen LogP contribution >= 0.6 is 0 Å². The average molecular weight is 337 g/mol. The van der Waals surface area contributed by atoms with Gasteiger partial charge in [-0.2, -0.15) is 0 Å². The Labute approximate surface area is 135 Å². The Morgan fingerprint density at radius 2 is 1.83 bits per heavy atom. The highest BCUT2D eigenvalue weighted by Crippen LogP contribution is 2.34. The minimum atomic E-state index is -3.24. The number of nitrogens with two attached hydrogens (primary N) is 1. The van der Waals surface area contributed by atoms with E-state index in [-0.39, 0.29) is 24.1 Å². The fraction of sp³-hybridized carbons (Fsp3) is 0.467. The molecule has 23 heavy (non-hydrogen) atoms. The van der Waals surface area contributed by atoms with Crippen LogP contribution in [0, 0.1) is 0 Å². The van der Waals surface area contributed by atoms with Gasteiger partial charge in [0.1, 0.15) is 6.54 Å². The summed E-state index contributed by atoms with van der Waals surface area (Å²) in [5, 5.41) is 0. The van der Waals surface area contributed by atoms with E-state index in [0.29, 0.717) is 5.69 Å². The third kappa shape index (κ3) is 2.78. The second-order valence-corrected chi connectivity index (χ2v) is 8.13. The Balaban J connectivity index is 1.98. The van der Waals surface area contributed by atoms with E-state index in [0.717, 1.165) is 12.0 Å². The summed E-state index contributed by atoms with van der Waals surface area (Å²) in [6.45, 7) is 1.77. The number of aryl methyl sites for hydroxylation is 1. The Hall–Kier alpha value is -2.09. The number of primary amides is 1. The molecule has 124 valence electrons. The van der Waals surface area contributed by atoms with E-state index in [2.05, 4.69) is 0 Å². The number of anilines is 1. The number of amides is 3. The van der Waals surface area contributed by atoms with Gasteiger partial charge in [-0.3, -0.25) is 9.69 Å². The lowest BCUT2D eigenvalue weighted by Crippen LogP contribution is -2.42. The van der Waals surface area contributed by atoms with Crippen molar-refractivity contribution in [2.24, 2.45) is 5.73 Å². The average Bonchev–Trinajstić information content (AvgIpc) is 2.91. The van der Waals surface area contributed by atoms with Crippen LogP contribution in [0.2, 0.25) is 0 Å². The molecule has 0 unspecified atom stereocenters. The van der Waals surface area contributed by atoms with E-state index in [1.807, 2.05) is 31.2 Å². The van der Waals surface area contributed by atoms with Crippen LogP contribution in [0.5, 0.6) is 0 Å². The molecule has 2 fully saturated rings. The zero-order chi connectivity index (χ0) is 16.8. The number of hydrogen-bond donors (Lipinski definition) is 1. The molecule has 8 heteroatoms. The van der Waals surface area contributed by atoms with Crippen LogP contribution in [0.25, 0.3) is 0 Å². The molecule has 2 aliphatic rings. The van der Waals surface area contributed by atoms with Crippen molar-refractivity contribution in [1.29, 1.82) is 0 Å². The summed E-state index contributed by atoms with van der Waals surface area (Å²) >= 11 is 0. The van der Waals surface area contributed by atoms with Gasteiger partial charge in [0, 0.05) is 5.69 Å². The molecule has 2 saturated heterocycles. The smallest absolute Gasteiger partial charge is 0.325 e. The van der Waals surface area contributed by atoms with Gasteiger partial charge < -0.3 is 10.6 Å². The van der Waals surface area contributed by atoms with Crippen molar-refractivity contribution < 1.29 is 18.0 Å². The van der Waals surface area contributed by atoms with Crippen LogP contribution in [0.15, 0.2) is 24.3 Å². The second-order valence-electron chi connectivity index (χ2n) is 5.98. The van der Waals surface area contributed by atoms with Crippen LogP contribution in [0.3, 0.4) is 0 Å². The maximum Gasteiger partial charge on any atom is 0.325 e. The zero-order valence-electron chi connectivity index (χ0n) is 12.8. The van der Waals surface area contributed by atoms with Gasteiger partial charge >= 0.3 is 6.03 Å². The normalized spacial score (nSPS) is 25.7. The molecule has 1 aromatic carbocycles. The van der Waals surface area contributed by atoms with Crippen LogP contribution in [-0.2, 0) is 21.1 Å². The largest absolute Gasteiger partial charge is 0.368 e. The van der Waals surface area contributed by atoms with Crippen molar-refractivity contribution in [2.45, 2.75) is 25.4 Å². The maximum absolute atomic E-state index is 12.7. The highest BCUT2D eigenvalue weighted by atomic mass is 32.2. The summed E-state index contributed by atoms with van der Waals surface area (Å²) < 4.78 is 24.0. The monoisotopic (exact) mass is 337 g/mol. The quantitative estimate of drug-likeness (QED) is 0.790. The van der Waals surface area contributed by atoms with Crippen LogP contribution < -0.4 is 10.6 Å². The SMILES string of the molecule is CCc1ccc(N2C(=O)N(CC(N)=O)[C@@H]3CS(=O)(=O)C[C@H]32)cc1. The molecule has 0 spiro atoms. The molecule has 2 aliphatic heterocycles. The maximum atomic E-state index is 12.7. The standard InChI is InChI=1S/C15H19N3O4S/c1-2-10-3-5-11(6-4-10)18-13-9-23(21,22)8-12(13)17(15(18)20)7-14(16)19/h3-6,12-13H,2,7-9H2,1H3,(H2,16,19)/t12-,13-/m1/s1. The van der Waals surface area contributed by atoms with Gasteiger partial charge in [0.15, 0.2) is 9.84 Å². The fourth-order valence-electron chi connectivity index (χ4n) is 3.32. The number of carbonyl (C=O) groups excluding carboxylic acids is 2. The highest BCUT2D eigenvalue weighted by Gasteiger charge is 2.54. The third-order valence-electron chi connectivity index (χ3n) is 4.43. The van der Waals surface area contributed by atoms with Gasteiger partial charge in [-0.1, -0.05) is 19.1 Å². The zero-order valence-corrected chi connectivity index (χ0v) is 13.6. The lowest BCUT2D eigenvalue weighted by molar-refractivity contribution is -0.118. The van der Waals surface area contributed by atoms with Gasteiger partial charge in [-0.05, 0) is 24.1 Å². The number of sulfone groups is 1. The summed E-state index contributed by atoms with van der Waals surface area (Å²) in [6.07, 6.45) is 0.877. The molecule has 2 N–H and O–H groups in total. The molecule has 0 aliphatic carbocycles. The molecule has 1 aromatic rings. The summed E-state index contributed by atoms with van der Waals surface area (Å²) in [5.41, 5.74) is 6.98. The Kier molecular flexibility index (Phi) is 3.79. The molecule has 2 atom stereocenters. The Morgan fingerprint density at radius 1 is 1.22 bits per heavy atom. The van der Waals surface area contributed by atoms with Gasteiger partial charge in [-0.15, -0.1) is 0 Å². The summed E-state index contributed by atoms with van der Waals surface area (Å²) in [4.78, 5) is 26.7. The summed E-state index contributed by atoms with van der Waals surface area (Å²) in [5.74, 6) is -0.862. The molecule has 3 rings (SSSR count). The van der Waals surface area contributed by atoms with E-state index >= 15 is 0 Å². The lowest BCUT2D eigenvalue weighted by Gasteiger charge is -2.22. The number of rotatable bonds is 4. The molecule has 0 aromatic heterocycles. The van der Waals surface area contributed by atoms with E-state index < -0.39 is 27.8 Å². The van der Waals surface area contributed by atoms with Crippen molar-refractivity contribution >= 4 is 27.5 Å². The first kappa shape index (κ1) is 15.8. The minimum absolute atomic E-state index is 0.0891. The van der Waals surface area contributed by atoms with Gasteiger partial charge in [0.05, 0.1) is 23.6 Å². The van der Waals surface area contributed by atoms with E-state index in [9.17, 15) is 18.0 Å². The predicted molar refractivity (Wildman–Crippen MR) is 85.8 cm³/mol. The van der Waals surface area contributed by atoms with E-state index in [1.54, 1.807) is 0 Å². The molecular weight excluding hydrogens is 318 g/mol. The number of nitrogens with zero attached hydrogens (tertiary/aromatic N) is 2. The van der Waals surface area contributed by atoms with E-state index in [4.69, 9.17) is 5.73 Å². The summed E-state index contributed by atoms with van der Waals surface area (Å²) in [6, 6.07) is 6.09. The van der Waals surface area contributed by atoms with Crippen molar-refractivity contribution in [3.63, 3.8) is 0 Å². The third-order valence-corrected chi connectivity index (χ3v) is 6.13. The first-order valence-electron chi connectivity index (χ1n) is 7.50. The van der Waals surface area contributed by atoms with Gasteiger partial charge in [-0.25, -0.2) is 13.2 Å². The second kappa shape index (κ2) is 5.52. The summed E-state index contributed by atoms with van der Waals surface area (Å²) in [7, 11) is -3.24. The number of carbonyl (C=O) groups is 2. The molecular formula is C15H19N3O4S. The molecule has 3 amide bonds. The van der Waals surface area contributed by atoms with E-state index in [1.165, 1.54) is 9.80 Å². The van der Waals surface area contributed by atoms with Crippen LogP contribution in [0.1, 0.15) is 12.5 Å². The number of benzene rings is 1. The molecule has 7 nitrogen and oxygen atoms in total. The topological polar surface area (TPSA) is 101 Å². The van der Waals surface area contributed by atoms with Gasteiger partial charge in [0.25, 0.3) is 0 Å². The van der Waals surface area contributed by atoms with Crippen molar-refractivity contribution in [2.75, 3.05) is 23.0 Å². The molecule has 0 radical (unpaired) electrons. The highest BCUT2D eigenvalue weighted by molar-refractivity contribution is 7.91. The Morgan fingerprint density at radius 3 is 2.39 bits per heavy atom. The Bertz CT molecular complexity index is 744. The molecule has 2 heterocycles. The van der Waals surface area contributed by atoms with Crippen LogP contribution in [0.4, 0.5) is 10.5 Å². The van der Waals surface area contributed by atoms with Crippen molar-refractivity contribution in [3.8, 4) is 0 Å². The first-order valence-corrected chi connectivity index (χ1v) is 9.32. The minimum Gasteiger partial charge on any atom is -0.368 e. The lowest BCUT2D eigenvalue weighted by atomic mass is 10.1. The first-order chi connectivity index (χ1) is 10.8.